The average Bonchev–Trinajstić information content (AvgIpc) is 3.17. The molecule has 2 aliphatic rings. The molecule has 1 N–H and O–H groups in total. The molecule has 2 fully saturated rings. The van der Waals surface area contributed by atoms with Crippen molar-refractivity contribution in [2.45, 2.75) is 25.4 Å². The monoisotopic (exact) mass is 348 g/mol. The van der Waals surface area contributed by atoms with E-state index in [1.165, 1.54) is 0 Å². The molecule has 0 aromatic carbocycles. The Morgan fingerprint density at radius 3 is 2.57 bits per heavy atom. The van der Waals surface area contributed by atoms with Gasteiger partial charge in [0, 0.05) is 12.1 Å². The molecule has 2 heterocycles. The quantitative estimate of drug-likeness (QED) is 0.889. The second kappa shape index (κ2) is 5.19. The zero-order valence-corrected chi connectivity index (χ0v) is 12.9. The van der Waals surface area contributed by atoms with Crippen LogP contribution in [0.25, 0.3) is 0 Å². The summed E-state index contributed by atoms with van der Waals surface area (Å²) >= 11 is 0. The number of aromatic nitrogens is 1. The van der Waals surface area contributed by atoms with Gasteiger partial charge in [-0.1, -0.05) is 0 Å². The summed E-state index contributed by atoms with van der Waals surface area (Å²) < 4.78 is 60.8. The van der Waals surface area contributed by atoms with Crippen LogP contribution in [0.3, 0.4) is 0 Å². The van der Waals surface area contributed by atoms with Crippen molar-refractivity contribution in [3.63, 3.8) is 0 Å². The lowest BCUT2D eigenvalue weighted by atomic mass is 9.96. The molecule has 1 spiro atoms. The van der Waals surface area contributed by atoms with E-state index in [1.807, 2.05) is 0 Å². The SMILES string of the molecule is O=C(Nc1cc(C(F)(F)F)ccn1)C1CC12CCS(=O)(=O)CC2. The van der Waals surface area contributed by atoms with Crippen molar-refractivity contribution in [3.8, 4) is 0 Å². The molecule has 9 heteroatoms. The Morgan fingerprint density at radius 2 is 1.96 bits per heavy atom. The Morgan fingerprint density at radius 1 is 1.30 bits per heavy atom. The van der Waals surface area contributed by atoms with Crippen molar-refractivity contribution >= 4 is 21.6 Å². The molecule has 1 atom stereocenters. The van der Waals surface area contributed by atoms with Crippen molar-refractivity contribution in [2.75, 3.05) is 16.8 Å². The maximum Gasteiger partial charge on any atom is 0.416 e. The van der Waals surface area contributed by atoms with E-state index in [1.54, 1.807) is 0 Å². The topological polar surface area (TPSA) is 76.1 Å². The van der Waals surface area contributed by atoms with Gasteiger partial charge < -0.3 is 5.32 Å². The molecule has 23 heavy (non-hydrogen) atoms. The summed E-state index contributed by atoms with van der Waals surface area (Å²) in [6, 6.07) is 1.62. The van der Waals surface area contributed by atoms with Gasteiger partial charge in [-0.25, -0.2) is 13.4 Å². The number of hydrogen-bond acceptors (Lipinski definition) is 4. The van der Waals surface area contributed by atoms with E-state index in [0.29, 0.717) is 19.3 Å². The Kier molecular flexibility index (Phi) is 3.66. The van der Waals surface area contributed by atoms with Crippen LogP contribution in [-0.2, 0) is 20.8 Å². The maximum absolute atomic E-state index is 12.6. The fourth-order valence-corrected chi connectivity index (χ4v) is 4.74. The molecule has 1 aromatic rings. The molecule has 1 amide bonds. The number of nitrogens with zero attached hydrogens (tertiary/aromatic N) is 1. The van der Waals surface area contributed by atoms with Gasteiger partial charge in [-0.2, -0.15) is 13.2 Å². The van der Waals surface area contributed by atoms with Crippen LogP contribution in [0.5, 0.6) is 0 Å². The van der Waals surface area contributed by atoms with Crippen molar-refractivity contribution in [2.24, 2.45) is 11.3 Å². The number of hydrogen-bond donors (Lipinski definition) is 1. The first kappa shape index (κ1) is 16.2. The number of rotatable bonds is 2. The molecule has 1 saturated carbocycles. The van der Waals surface area contributed by atoms with Crippen LogP contribution in [-0.4, -0.2) is 30.8 Å². The smallest absolute Gasteiger partial charge is 0.310 e. The van der Waals surface area contributed by atoms with Crippen molar-refractivity contribution in [3.05, 3.63) is 23.9 Å². The molecule has 126 valence electrons. The van der Waals surface area contributed by atoms with Crippen LogP contribution >= 0.6 is 0 Å². The predicted octanol–water partition coefficient (Wildman–Crippen LogP) is 2.25. The highest BCUT2D eigenvalue weighted by Crippen LogP contribution is 2.60. The van der Waals surface area contributed by atoms with Gasteiger partial charge in [0.1, 0.15) is 15.7 Å². The molecule has 3 rings (SSSR count). The highest BCUT2D eigenvalue weighted by molar-refractivity contribution is 7.91. The fraction of sp³-hybridized carbons (Fsp3) is 0.571. The van der Waals surface area contributed by atoms with Gasteiger partial charge in [-0.15, -0.1) is 0 Å². The van der Waals surface area contributed by atoms with Gasteiger partial charge in [0.15, 0.2) is 0 Å². The fourth-order valence-electron chi connectivity index (χ4n) is 3.10. The Labute approximate surface area is 131 Å². The van der Waals surface area contributed by atoms with Gasteiger partial charge in [-0.05, 0) is 36.8 Å². The first-order valence-electron chi connectivity index (χ1n) is 7.16. The molecule has 5 nitrogen and oxygen atoms in total. The van der Waals surface area contributed by atoms with Gasteiger partial charge in [0.25, 0.3) is 0 Å². The number of nitrogens with one attached hydrogen (secondary N) is 1. The number of anilines is 1. The standard InChI is InChI=1S/C14H15F3N2O3S/c15-14(16,17)9-1-4-18-11(7-9)19-12(20)10-8-13(10)2-5-23(21,22)6-3-13/h1,4,7,10H,2-3,5-6,8H2,(H,18,19,20). The molecule has 1 saturated heterocycles. The van der Waals surface area contributed by atoms with E-state index in [4.69, 9.17) is 0 Å². The highest BCUT2D eigenvalue weighted by atomic mass is 32.2. The van der Waals surface area contributed by atoms with E-state index < -0.39 is 27.5 Å². The predicted molar refractivity (Wildman–Crippen MR) is 76.3 cm³/mol. The van der Waals surface area contributed by atoms with E-state index in [9.17, 15) is 26.4 Å². The summed E-state index contributed by atoms with van der Waals surface area (Å²) in [4.78, 5) is 15.9. The number of carbonyl (C=O) groups excluding carboxylic acids is 1. The summed E-state index contributed by atoms with van der Waals surface area (Å²) in [5, 5.41) is 2.41. The number of carbonyl (C=O) groups is 1. The number of amides is 1. The third-order valence-electron chi connectivity index (χ3n) is 4.67. The summed E-state index contributed by atoms with van der Waals surface area (Å²) in [7, 11) is -3.01. The van der Waals surface area contributed by atoms with Crippen molar-refractivity contribution < 1.29 is 26.4 Å². The van der Waals surface area contributed by atoms with E-state index in [0.717, 1.165) is 18.3 Å². The van der Waals surface area contributed by atoms with Crippen LogP contribution in [0.15, 0.2) is 18.3 Å². The summed E-state index contributed by atoms with van der Waals surface area (Å²) in [5.41, 5.74) is -1.19. The number of halogens is 3. The molecule has 1 aliphatic carbocycles. The molecular weight excluding hydrogens is 333 g/mol. The van der Waals surface area contributed by atoms with Gasteiger partial charge in [0.2, 0.25) is 5.91 Å². The van der Waals surface area contributed by atoms with E-state index in [-0.39, 0.29) is 28.7 Å². The molecule has 1 aromatic heterocycles. The second-order valence-corrected chi connectivity index (χ2v) is 8.49. The minimum Gasteiger partial charge on any atom is -0.310 e. The minimum atomic E-state index is -4.50. The number of alkyl halides is 3. The van der Waals surface area contributed by atoms with Gasteiger partial charge in [-0.3, -0.25) is 4.79 Å². The zero-order chi connectivity index (χ0) is 16.9. The third-order valence-corrected chi connectivity index (χ3v) is 6.32. The van der Waals surface area contributed by atoms with Gasteiger partial charge in [0.05, 0.1) is 17.1 Å². The highest BCUT2D eigenvalue weighted by Gasteiger charge is 2.59. The maximum atomic E-state index is 12.6. The van der Waals surface area contributed by atoms with Crippen LogP contribution in [0.2, 0.25) is 0 Å². The summed E-state index contributed by atoms with van der Waals surface area (Å²) in [6.07, 6.45) is -2.06. The average molecular weight is 348 g/mol. The lowest BCUT2D eigenvalue weighted by Crippen LogP contribution is -2.28. The lowest BCUT2D eigenvalue weighted by Gasteiger charge is -2.22. The molecule has 1 aliphatic heterocycles. The zero-order valence-electron chi connectivity index (χ0n) is 12.1. The molecule has 0 bridgehead atoms. The van der Waals surface area contributed by atoms with Crippen LogP contribution < -0.4 is 5.32 Å². The van der Waals surface area contributed by atoms with Crippen molar-refractivity contribution in [1.82, 2.24) is 4.98 Å². The Hall–Kier alpha value is -1.64. The van der Waals surface area contributed by atoms with Gasteiger partial charge >= 0.3 is 6.18 Å². The summed E-state index contributed by atoms with van der Waals surface area (Å²) in [5.74, 6) is -0.752. The molecular formula is C14H15F3N2O3S. The Balaban J connectivity index is 1.65. The van der Waals surface area contributed by atoms with Crippen molar-refractivity contribution in [1.29, 1.82) is 0 Å². The van der Waals surface area contributed by atoms with E-state index >= 15 is 0 Å². The normalized spacial score (nSPS) is 25.1. The minimum absolute atomic E-state index is 0.0680. The molecule has 1 unspecified atom stereocenters. The first-order valence-corrected chi connectivity index (χ1v) is 8.98. The van der Waals surface area contributed by atoms with Crippen LogP contribution in [0.1, 0.15) is 24.8 Å². The third kappa shape index (κ3) is 3.34. The lowest BCUT2D eigenvalue weighted by molar-refractivity contribution is -0.137. The Bertz CT molecular complexity index is 732. The van der Waals surface area contributed by atoms with Crippen LogP contribution in [0, 0.1) is 11.3 Å². The first-order chi connectivity index (χ1) is 10.6. The summed E-state index contributed by atoms with van der Waals surface area (Å²) in [6.45, 7) is 0. The largest absolute Gasteiger partial charge is 0.416 e. The number of pyridine rings is 1. The molecule has 0 radical (unpaired) electrons. The number of sulfone groups is 1. The second-order valence-electron chi connectivity index (χ2n) is 6.19. The van der Waals surface area contributed by atoms with E-state index in [2.05, 4.69) is 10.3 Å². The van der Waals surface area contributed by atoms with Crippen LogP contribution in [0.4, 0.5) is 19.0 Å².